The number of nitrogens with zero attached hydrogens (tertiary/aromatic N) is 1. The first-order valence-electron chi connectivity index (χ1n) is 12.1. The van der Waals surface area contributed by atoms with Crippen LogP contribution in [0.1, 0.15) is 53.5 Å². The summed E-state index contributed by atoms with van der Waals surface area (Å²) in [6.07, 6.45) is -2.49. The van der Waals surface area contributed by atoms with Crippen LogP contribution in [0, 0.1) is 11.8 Å². The van der Waals surface area contributed by atoms with Crippen LogP contribution in [0.5, 0.6) is 0 Å². The molecule has 0 bridgehead atoms. The quantitative estimate of drug-likeness (QED) is 0.237. The van der Waals surface area contributed by atoms with E-state index < -0.39 is 30.4 Å². The van der Waals surface area contributed by atoms with E-state index in [2.05, 4.69) is 5.32 Å². The lowest BCUT2D eigenvalue weighted by atomic mass is 9.96. The average Bonchev–Trinajstić information content (AvgIpc) is 2.81. The highest BCUT2D eigenvalue weighted by molar-refractivity contribution is 5.89. The minimum absolute atomic E-state index is 0.183. The molecule has 0 saturated carbocycles. The van der Waals surface area contributed by atoms with Gasteiger partial charge in [-0.2, -0.15) is 5.48 Å². The zero-order chi connectivity index (χ0) is 26.4. The molecule has 10 nitrogen and oxygen atoms in total. The molecule has 198 valence electrons. The van der Waals surface area contributed by atoms with Gasteiger partial charge in [0.15, 0.2) is 12.4 Å². The lowest BCUT2D eigenvalue weighted by Crippen LogP contribution is -2.56. The zero-order valence-corrected chi connectivity index (χ0v) is 21.7. The van der Waals surface area contributed by atoms with Crippen molar-refractivity contribution in [1.82, 2.24) is 15.7 Å². The Kier molecular flexibility index (Phi) is 13.9. The van der Waals surface area contributed by atoms with E-state index in [0.29, 0.717) is 26.2 Å². The van der Waals surface area contributed by atoms with Gasteiger partial charge in [0.2, 0.25) is 5.91 Å². The van der Waals surface area contributed by atoms with Gasteiger partial charge in [0.1, 0.15) is 6.04 Å². The first-order valence-corrected chi connectivity index (χ1v) is 12.1. The number of carboxylic acid groups (broad SMARTS) is 1. The summed E-state index contributed by atoms with van der Waals surface area (Å²) in [6, 6.07) is 8.69. The standard InChI is InChI=1S/C25H41N3O7/c1-7-18(6)21(26-23(29)22(17(4)5)35-27-25(31)32)24(30)28(15-19-13-11-10-12-14-19)16-20(33-8-2)34-9-3/h10-14,17-18,20-22,27H,7-9,15-16H2,1-6H3,(H,26,29)(H,31,32)/t18-,21-,22+/m0/s1. The molecule has 35 heavy (non-hydrogen) atoms. The van der Waals surface area contributed by atoms with E-state index >= 15 is 0 Å². The van der Waals surface area contributed by atoms with Crippen LogP contribution in [-0.4, -0.2) is 66.1 Å². The lowest BCUT2D eigenvalue weighted by molar-refractivity contribution is -0.162. The third-order valence-electron chi connectivity index (χ3n) is 5.52. The van der Waals surface area contributed by atoms with Crippen LogP contribution in [0.3, 0.4) is 0 Å². The second-order valence-corrected chi connectivity index (χ2v) is 8.61. The first-order chi connectivity index (χ1) is 16.6. The van der Waals surface area contributed by atoms with Crippen molar-refractivity contribution in [3.63, 3.8) is 0 Å². The zero-order valence-electron chi connectivity index (χ0n) is 21.7. The molecular formula is C25H41N3O7. The molecule has 0 aliphatic carbocycles. The second-order valence-electron chi connectivity index (χ2n) is 8.61. The number of ether oxygens (including phenoxy) is 2. The lowest BCUT2D eigenvalue weighted by Gasteiger charge is -2.33. The predicted molar refractivity (Wildman–Crippen MR) is 131 cm³/mol. The van der Waals surface area contributed by atoms with Gasteiger partial charge in [0, 0.05) is 19.8 Å². The fourth-order valence-corrected chi connectivity index (χ4v) is 3.46. The van der Waals surface area contributed by atoms with Gasteiger partial charge in [-0.3, -0.25) is 14.4 Å². The van der Waals surface area contributed by atoms with E-state index in [0.717, 1.165) is 5.56 Å². The van der Waals surface area contributed by atoms with Crippen molar-refractivity contribution in [3.8, 4) is 0 Å². The van der Waals surface area contributed by atoms with Crippen molar-refractivity contribution in [2.24, 2.45) is 11.8 Å². The Bertz CT molecular complexity index is 770. The fraction of sp³-hybridized carbons (Fsp3) is 0.640. The molecule has 0 aliphatic rings. The number of benzene rings is 1. The summed E-state index contributed by atoms with van der Waals surface area (Å²) in [7, 11) is 0. The number of amides is 3. The number of carbonyl (C=O) groups is 3. The minimum Gasteiger partial charge on any atom is -0.464 e. The van der Waals surface area contributed by atoms with Gasteiger partial charge in [0.05, 0.1) is 6.54 Å². The fourth-order valence-electron chi connectivity index (χ4n) is 3.46. The van der Waals surface area contributed by atoms with Gasteiger partial charge >= 0.3 is 6.09 Å². The SMILES string of the molecule is CCOC(CN(Cc1ccccc1)C(=O)[C@@H](NC(=O)[C@H](ONC(=O)O)C(C)C)[C@@H](C)CC)OCC. The van der Waals surface area contributed by atoms with Crippen LogP contribution >= 0.6 is 0 Å². The molecule has 0 unspecified atom stereocenters. The van der Waals surface area contributed by atoms with E-state index in [1.54, 1.807) is 24.2 Å². The van der Waals surface area contributed by atoms with Crippen molar-refractivity contribution < 1.29 is 33.8 Å². The first kappa shape index (κ1) is 30.3. The monoisotopic (exact) mass is 495 g/mol. The van der Waals surface area contributed by atoms with Gasteiger partial charge in [-0.1, -0.05) is 64.4 Å². The summed E-state index contributed by atoms with van der Waals surface area (Å²) in [5, 5.41) is 11.7. The third kappa shape index (κ3) is 10.6. The van der Waals surface area contributed by atoms with Crippen LogP contribution in [0.2, 0.25) is 0 Å². The molecule has 3 atom stereocenters. The largest absolute Gasteiger partial charge is 0.464 e. The predicted octanol–water partition coefficient (Wildman–Crippen LogP) is 3.17. The Morgan fingerprint density at radius 2 is 1.60 bits per heavy atom. The molecule has 0 fully saturated rings. The summed E-state index contributed by atoms with van der Waals surface area (Å²) in [5.74, 6) is -1.38. The highest BCUT2D eigenvalue weighted by Crippen LogP contribution is 2.17. The highest BCUT2D eigenvalue weighted by atomic mass is 16.7. The van der Waals surface area contributed by atoms with E-state index in [4.69, 9.17) is 19.4 Å². The second kappa shape index (κ2) is 16.1. The van der Waals surface area contributed by atoms with Gasteiger partial charge in [0.25, 0.3) is 5.91 Å². The molecule has 3 amide bonds. The van der Waals surface area contributed by atoms with Gasteiger partial charge < -0.3 is 24.8 Å². The van der Waals surface area contributed by atoms with Crippen LogP contribution in [0.15, 0.2) is 30.3 Å². The number of nitrogens with one attached hydrogen (secondary N) is 2. The normalized spacial score (nSPS) is 13.8. The number of hydrogen-bond acceptors (Lipinski definition) is 6. The Hall–Kier alpha value is -2.69. The molecule has 1 aromatic rings. The molecule has 0 saturated heterocycles. The van der Waals surface area contributed by atoms with Crippen molar-refractivity contribution in [1.29, 1.82) is 0 Å². The molecule has 10 heteroatoms. The summed E-state index contributed by atoms with van der Waals surface area (Å²) in [6.45, 7) is 12.3. The molecule has 0 aromatic heterocycles. The Labute approximate surface area is 208 Å². The van der Waals surface area contributed by atoms with Crippen molar-refractivity contribution in [2.45, 2.75) is 72.9 Å². The van der Waals surface area contributed by atoms with Crippen molar-refractivity contribution >= 4 is 17.9 Å². The van der Waals surface area contributed by atoms with Crippen LogP contribution in [-0.2, 0) is 30.4 Å². The van der Waals surface area contributed by atoms with Crippen molar-refractivity contribution in [3.05, 3.63) is 35.9 Å². The molecule has 0 radical (unpaired) electrons. The average molecular weight is 496 g/mol. The number of hydrogen-bond donors (Lipinski definition) is 3. The van der Waals surface area contributed by atoms with Gasteiger partial charge in [-0.05, 0) is 31.2 Å². The van der Waals surface area contributed by atoms with E-state index in [1.807, 2.05) is 58.0 Å². The summed E-state index contributed by atoms with van der Waals surface area (Å²) >= 11 is 0. The molecule has 0 aliphatic heterocycles. The maximum absolute atomic E-state index is 13.8. The smallest absolute Gasteiger partial charge is 0.428 e. The summed E-state index contributed by atoms with van der Waals surface area (Å²) in [5.41, 5.74) is 2.72. The Morgan fingerprint density at radius 1 is 1.00 bits per heavy atom. The Morgan fingerprint density at radius 3 is 2.09 bits per heavy atom. The van der Waals surface area contributed by atoms with Crippen LogP contribution in [0.4, 0.5) is 4.79 Å². The van der Waals surface area contributed by atoms with Gasteiger partial charge in [-0.25, -0.2) is 4.79 Å². The highest BCUT2D eigenvalue weighted by Gasteiger charge is 2.34. The number of carbonyl (C=O) groups excluding carboxylic acids is 2. The summed E-state index contributed by atoms with van der Waals surface area (Å²) < 4.78 is 11.4. The van der Waals surface area contributed by atoms with E-state index in [9.17, 15) is 14.4 Å². The number of hydroxylamine groups is 1. The third-order valence-corrected chi connectivity index (χ3v) is 5.52. The minimum atomic E-state index is -1.41. The van der Waals surface area contributed by atoms with Gasteiger partial charge in [-0.15, -0.1) is 0 Å². The van der Waals surface area contributed by atoms with Crippen LogP contribution < -0.4 is 10.8 Å². The molecule has 0 spiro atoms. The van der Waals surface area contributed by atoms with E-state index in [1.165, 1.54) is 0 Å². The van der Waals surface area contributed by atoms with Crippen molar-refractivity contribution in [2.75, 3.05) is 19.8 Å². The molecule has 1 aromatic carbocycles. The number of rotatable bonds is 16. The maximum atomic E-state index is 13.8. The molecular weight excluding hydrogens is 454 g/mol. The van der Waals surface area contributed by atoms with E-state index in [-0.39, 0.29) is 24.3 Å². The maximum Gasteiger partial charge on any atom is 0.428 e. The summed E-state index contributed by atoms with van der Waals surface area (Å²) in [4.78, 5) is 44.4. The molecule has 1 rings (SSSR count). The molecule has 3 N–H and O–H groups in total. The molecule has 0 heterocycles. The topological polar surface area (TPSA) is 126 Å². The Balaban J connectivity index is 3.21. The van der Waals surface area contributed by atoms with Crippen LogP contribution in [0.25, 0.3) is 0 Å².